The molecular weight excluding hydrogens is 232 g/mol. The third-order valence-electron chi connectivity index (χ3n) is 3.36. The van der Waals surface area contributed by atoms with Crippen LogP contribution in [0, 0.1) is 0 Å². The molecule has 1 aliphatic rings. The number of likely N-dealkylation sites (N-methyl/N-ethyl adjacent to an activating group) is 1. The molecule has 0 unspecified atom stereocenters. The molecule has 18 heavy (non-hydrogen) atoms. The van der Waals surface area contributed by atoms with Crippen LogP contribution in [0.15, 0.2) is 12.1 Å². The Morgan fingerprint density at radius 3 is 1.94 bits per heavy atom. The molecule has 0 aliphatic carbocycles. The molecule has 1 N–H and O–H groups in total. The summed E-state index contributed by atoms with van der Waals surface area (Å²) >= 11 is 0. The number of methoxy groups -OCH3 is 3. The van der Waals surface area contributed by atoms with Crippen molar-refractivity contribution in [3.05, 3.63) is 12.1 Å². The molecule has 1 aliphatic heterocycles. The van der Waals surface area contributed by atoms with Crippen LogP contribution < -0.4 is 24.4 Å². The van der Waals surface area contributed by atoms with Crippen LogP contribution in [0.5, 0.6) is 17.2 Å². The highest BCUT2D eigenvalue weighted by molar-refractivity contribution is 5.63. The van der Waals surface area contributed by atoms with Crippen LogP contribution in [0.4, 0.5) is 5.69 Å². The van der Waals surface area contributed by atoms with Crippen LogP contribution in [0.1, 0.15) is 0 Å². The van der Waals surface area contributed by atoms with E-state index >= 15 is 0 Å². The number of nitrogens with one attached hydrogen (secondary N) is 1. The second-order valence-electron chi connectivity index (χ2n) is 4.31. The molecule has 1 heterocycles. The number of ether oxygens (including phenoxy) is 3. The second kappa shape index (κ2) is 5.35. The molecule has 0 radical (unpaired) electrons. The van der Waals surface area contributed by atoms with Crippen molar-refractivity contribution < 1.29 is 14.2 Å². The van der Waals surface area contributed by atoms with E-state index in [1.807, 2.05) is 12.1 Å². The van der Waals surface area contributed by atoms with Gasteiger partial charge in [-0.3, -0.25) is 0 Å². The topological polar surface area (TPSA) is 43.0 Å². The van der Waals surface area contributed by atoms with Crippen LogP contribution in [0.2, 0.25) is 0 Å². The van der Waals surface area contributed by atoms with Crippen molar-refractivity contribution in [3.8, 4) is 17.2 Å². The number of hydrogen-bond donors (Lipinski definition) is 1. The molecule has 0 bridgehead atoms. The highest BCUT2D eigenvalue weighted by Gasteiger charge is 2.24. The van der Waals surface area contributed by atoms with Crippen LogP contribution in [-0.4, -0.2) is 47.5 Å². The zero-order chi connectivity index (χ0) is 13.1. The van der Waals surface area contributed by atoms with Crippen molar-refractivity contribution in [1.29, 1.82) is 0 Å². The summed E-state index contributed by atoms with van der Waals surface area (Å²) in [6.07, 6.45) is 0. The summed E-state index contributed by atoms with van der Waals surface area (Å²) in [7, 11) is 6.95. The van der Waals surface area contributed by atoms with Gasteiger partial charge in [0, 0.05) is 38.0 Å². The Morgan fingerprint density at radius 1 is 1.06 bits per heavy atom. The molecule has 0 saturated carbocycles. The first-order valence-corrected chi connectivity index (χ1v) is 5.94. The average Bonchev–Trinajstić information content (AvgIpc) is 2.34. The molecule has 0 spiro atoms. The lowest BCUT2D eigenvalue weighted by Crippen LogP contribution is -2.56. The molecule has 1 aromatic carbocycles. The van der Waals surface area contributed by atoms with E-state index in [1.165, 1.54) is 0 Å². The average molecular weight is 252 g/mol. The fourth-order valence-corrected chi connectivity index (χ4v) is 2.03. The van der Waals surface area contributed by atoms with Gasteiger partial charge in [-0.1, -0.05) is 0 Å². The Labute approximate surface area is 108 Å². The standard InChI is InChI=1S/C13H20N2O3/c1-15(10-7-14-8-10)9-5-11(16-2)13(18-4)12(6-9)17-3/h5-6,10,14H,7-8H2,1-4H3. The first-order valence-electron chi connectivity index (χ1n) is 5.94. The van der Waals surface area contributed by atoms with E-state index in [9.17, 15) is 0 Å². The summed E-state index contributed by atoms with van der Waals surface area (Å²) in [6.45, 7) is 2.01. The Hall–Kier alpha value is -1.62. The molecule has 0 aromatic heterocycles. The van der Waals surface area contributed by atoms with Gasteiger partial charge in [0.2, 0.25) is 5.75 Å². The number of hydrogen-bond acceptors (Lipinski definition) is 5. The predicted octanol–water partition coefficient (Wildman–Crippen LogP) is 1.12. The lowest BCUT2D eigenvalue weighted by molar-refractivity contribution is 0.324. The van der Waals surface area contributed by atoms with Crippen LogP contribution in [0.25, 0.3) is 0 Å². The molecule has 1 saturated heterocycles. The van der Waals surface area contributed by atoms with Crippen molar-refractivity contribution in [1.82, 2.24) is 5.32 Å². The monoisotopic (exact) mass is 252 g/mol. The van der Waals surface area contributed by atoms with Crippen LogP contribution in [-0.2, 0) is 0 Å². The van der Waals surface area contributed by atoms with Gasteiger partial charge in [0.15, 0.2) is 11.5 Å². The highest BCUT2D eigenvalue weighted by atomic mass is 16.5. The van der Waals surface area contributed by atoms with Gasteiger partial charge in [0.1, 0.15) is 0 Å². The third kappa shape index (κ3) is 2.18. The van der Waals surface area contributed by atoms with E-state index < -0.39 is 0 Å². The zero-order valence-corrected chi connectivity index (χ0v) is 11.3. The maximum Gasteiger partial charge on any atom is 0.203 e. The Balaban J connectivity index is 2.35. The number of benzene rings is 1. The highest BCUT2D eigenvalue weighted by Crippen LogP contribution is 2.41. The first kappa shape index (κ1) is 12.8. The van der Waals surface area contributed by atoms with Crippen LogP contribution >= 0.6 is 0 Å². The molecule has 1 fully saturated rings. The minimum absolute atomic E-state index is 0.521. The lowest BCUT2D eigenvalue weighted by Gasteiger charge is -2.37. The van der Waals surface area contributed by atoms with Crippen molar-refractivity contribution >= 4 is 5.69 Å². The molecule has 1 aromatic rings. The molecule has 5 heteroatoms. The number of rotatable bonds is 5. The zero-order valence-electron chi connectivity index (χ0n) is 11.3. The summed E-state index contributed by atoms with van der Waals surface area (Å²) in [5.74, 6) is 2.00. The molecular formula is C13H20N2O3. The van der Waals surface area contributed by atoms with E-state index in [2.05, 4.69) is 17.3 Å². The number of nitrogens with zero attached hydrogens (tertiary/aromatic N) is 1. The van der Waals surface area contributed by atoms with Gasteiger partial charge >= 0.3 is 0 Å². The maximum absolute atomic E-state index is 5.35. The number of anilines is 1. The van der Waals surface area contributed by atoms with Crippen molar-refractivity contribution in [3.63, 3.8) is 0 Å². The van der Waals surface area contributed by atoms with Crippen molar-refractivity contribution in [2.75, 3.05) is 46.4 Å². The fraction of sp³-hybridized carbons (Fsp3) is 0.538. The SMILES string of the molecule is COc1cc(N(C)C2CNC2)cc(OC)c1OC. The fourth-order valence-electron chi connectivity index (χ4n) is 2.03. The Bertz CT molecular complexity index is 394. The summed E-state index contributed by atoms with van der Waals surface area (Å²) in [5.41, 5.74) is 1.07. The third-order valence-corrected chi connectivity index (χ3v) is 3.36. The van der Waals surface area contributed by atoms with E-state index in [-0.39, 0.29) is 0 Å². The molecule has 5 nitrogen and oxygen atoms in total. The quantitative estimate of drug-likeness (QED) is 0.850. The van der Waals surface area contributed by atoms with Crippen LogP contribution in [0.3, 0.4) is 0 Å². The minimum Gasteiger partial charge on any atom is -0.493 e. The Kier molecular flexibility index (Phi) is 3.81. The Morgan fingerprint density at radius 2 is 1.61 bits per heavy atom. The first-order chi connectivity index (χ1) is 8.71. The predicted molar refractivity (Wildman–Crippen MR) is 71.2 cm³/mol. The van der Waals surface area contributed by atoms with Crippen molar-refractivity contribution in [2.45, 2.75) is 6.04 Å². The van der Waals surface area contributed by atoms with E-state index in [0.717, 1.165) is 18.8 Å². The van der Waals surface area contributed by atoms with Gasteiger partial charge in [-0.15, -0.1) is 0 Å². The molecule has 2 rings (SSSR count). The van der Waals surface area contributed by atoms with Gasteiger partial charge in [-0.05, 0) is 0 Å². The smallest absolute Gasteiger partial charge is 0.203 e. The summed E-state index contributed by atoms with van der Waals surface area (Å²) in [6, 6.07) is 4.46. The molecule has 0 amide bonds. The van der Waals surface area contributed by atoms with Gasteiger partial charge in [-0.25, -0.2) is 0 Å². The normalized spacial score (nSPS) is 14.9. The summed E-state index contributed by atoms with van der Waals surface area (Å²) in [5, 5.41) is 3.26. The van der Waals surface area contributed by atoms with Gasteiger partial charge in [0.05, 0.1) is 27.4 Å². The summed E-state index contributed by atoms with van der Waals surface area (Å²) < 4.78 is 16.0. The maximum atomic E-state index is 5.35. The lowest BCUT2D eigenvalue weighted by atomic mass is 10.1. The second-order valence-corrected chi connectivity index (χ2v) is 4.31. The largest absolute Gasteiger partial charge is 0.493 e. The van der Waals surface area contributed by atoms with Crippen molar-refractivity contribution in [2.24, 2.45) is 0 Å². The van der Waals surface area contributed by atoms with E-state index in [1.54, 1.807) is 21.3 Å². The van der Waals surface area contributed by atoms with Gasteiger partial charge < -0.3 is 24.4 Å². The molecule has 0 atom stereocenters. The summed E-state index contributed by atoms with van der Waals surface area (Å²) in [4.78, 5) is 2.22. The van der Waals surface area contributed by atoms with E-state index in [0.29, 0.717) is 23.3 Å². The van der Waals surface area contributed by atoms with Gasteiger partial charge in [-0.2, -0.15) is 0 Å². The van der Waals surface area contributed by atoms with Gasteiger partial charge in [0.25, 0.3) is 0 Å². The van der Waals surface area contributed by atoms with E-state index in [4.69, 9.17) is 14.2 Å². The molecule has 100 valence electrons. The minimum atomic E-state index is 0.521.